The van der Waals surface area contributed by atoms with Crippen LogP contribution in [-0.4, -0.2) is 18.0 Å². The molecule has 0 spiro atoms. The van der Waals surface area contributed by atoms with E-state index in [0.717, 1.165) is 25.3 Å². The summed E-state index contributed by atoms with van der Waals surface area (Å²) in [5, 5.41) is 3.12. The maximum absolute atomic E-state index is 12.0. The van der Waals surface area contributed by atoms with Gasteiger partial charge in [0.05, 0.1) is 0 Å². The van der Waals surface area contributed by atoms with Gasteiger partial charge in [0.25, 0.3) is 0 Å². The van der Waals surface area contributed by atoms with Gasteiger partial charge in [0, 0.05) is 18.5 Å². The minimum Gasteiger partial charge on any atom is -0.356 e. The topological polar surface area (TPSA) is 55.1 Å². The molecular weight excluding hydrogens is 224 g/mol. The highest BCUT2D eigenvalue weighted by atomic mass is 16.1. The van der Waals surface area contributed by atoms with Crippen LogP contribution in [-0.2, 0) is 4.79 Å². The molecule has 3 nitrogen and oxygen atoms in total. The van der Waals surface area contributed by atoms with Gasteiger partial charge in [-0.3, -0.25) is 4.79 Å². The Morgan fingerprint density at radius 1 is 1.22 bits per heavy atom. The molecule has 2 aliphatic carbocycles. The van der Waals surface area contributed by atoms with Crippen molar-refractivity contribution in [2.45, 2.75) is 70.3 Å². The average Bonchev–Trinajstić information content (AvgIpc) is 2.74. The second-order valence-electron chi connectivity index (χ2n) is 6.57. The first-order valence-corrected chi connectivity index (χ1v) is 7.65. The van der Waals surface area contributed by atoms with Gasteiger partial charge in [-0.05, 0) is 31.1 Å². The third-order valence-corrected chi connectivity index (χ3v) is 4.96. The van der Waals surface area contributed by atoms with Crippen LogP contribution in [0.5, 0.6) is 0 Å². The van der Waals surface area contributed by atoms with Gasteiger partial charge in [-0.2, -0.15) is 0 Å². The van der Waals surface area contributed by atoms with Crippen molar-refractivity contribution in [1.82, 2.24) is 5.32 Å². The molecule has 1 amide bonds. The van der Waals surface area contributed by atoms with Crippen LogP contribution in [0.25, 0.3) is 0 Å². The molecule has 0 saturated heterocycles. The van der Waals surface area contributed by atoms with Gasteiger partial charge in [0.1, 0.15) is 0 Å². The van der Waals surface area contributed by atoms with Gasteiger partial charge >= 0.3 is 0 Å². The van der Waals surface area contributed by atoms with E-state index in [9.17, 15) is 4.79 Å². The van der Waals surface area contributed by atoms with E-state index in [0.29, 0.717) is 12.3 Å². The molecule has 2 fully saturated rings. The Hall–Kier alpha value is -0.570. The molecule has 2 aliphatic rings. The molecule has 3 heteroatoms. The minimum absolute atomic E-state index is 0.164. The van der Waals surface area contributed by atoms with Crippen LogP contribution in [0.1, 0.15) is 64.7 Å². The van der Waals surface area contributed by atoms with E-state index >= 15 is 0 Å². The van der Waals surface area contributed by atoms with Gasteiger partial charge in [0.15, 0.2) is 0 Å². The lowest BCUT2D eigenvalue weighted by molar-refractivity contribution is -0.122. The molecule has 2 atom stereocenters. The Morgan fingerprint density at radius 2 is 1.89 bits per heavy atom. The second kappa shape index (κ2) is 6.05. The van der Waals surface area contributed by atoms with Crippen LogP contribution in [0.15, 0.2) is 0 Å². The number of nitrogens with one attached hydrogen (secondary N) is 1. The molecule has 104 valence electrons. The average molecular weight is 252 g/mol. The summed E-state index contributed by atoms with van der Waals surface area (Å²) >= 11 is 0. The van der Waals surface area contributed by atoms with Crippen LogP contribution in [0.4, 0.5) is 0 Å². The van der Waals surface area contributed by atoms with Gasteiger partial charge in [0.2, 0.25) is 5.91 Å². The molecule has 18 heavy (non-hydrogen) atoms. The standard InChI is InChI=1S/C15H28N2O/c1-12-6-2-3-7-13(12)11-17-14(18)10-15(16)8-4-5-9-15/h12-13H,2-11,16H2,1H3,(H,17,18). The zero-order valence-electron chi connectivity index (χ0n) is 11.7. The van der Waals surface area contributed by atoms with Crippen molar-refractivity contribution in [3.05, 3.63) is 0 Å². The van der Waals surface area contributed by atoms with E-state index in [-0.39, 0.29) is 11.4 Å². The van der Waals surface area contributed by atoms with E-state index in [1.54, 1.807) is 0 Å². The first-order chi connectivity index (χ1) is 8.59. The maximum atomic E-state index is 12.0. The predicted octanol–water partition coefficient (Wildman–Crippen LogP) is 2.59. The summed E-state index contributed by atoms with van der Waals surface area (Å²) in [6, 6.07) is 0. The third-order valence-electron chi connectivity index (χ3n) is 4.96. The van der Waals surface area contributed by atoms with Gasteiger partial charge < -0.3 is 11.1 Å². The van der Waals surface area contributed by atoms with Crippen LogP contribution in [0.3, 0.4) is 0 Å². The molecule has 3 N–H and O–H groups in total. The largest absolute Gasteiger partial charge is 0.356 e. The minimum atomic E-state index is -0.206. The molecule has 2 unspecified atom stereocenters. The lowest BCUT2D eigenvalue weighted by atomic mass is 9.80. The lowest BCUT2D eigenvalue weighted by Gasteiger charge is -2.29. The molecule has 0 aromatic rings. The molecule has 0 heterocycles. The molecular formula is C15H28N2O. The highest BCUT2D eigenvalue weighted by molar-refractivity contribution is 5.77. The van der Waals surface area contributed by atoms with E-state index in [4.69, 9.17) is 5.73 Å². The quantitative estimate of drug-likeness (QED) is 0.808. The molecule has 0 aliphatic heterocycles. The number of carbonyl (C=O) groups excluding carboxylic acids is 1. The van der Waals surface area contributed by atoms with Crippen molar-refractivity contribution in [2.75, 3.05) is 6.54 Å². The van der Waals surface area contributed by atoms with Crippen LogP contribution in [0.2, 0.25) is 0 Å². The van der Waals surface area contributed by atoms with Crippen molar-refractivity contribution < 1.29 is 4.79 Å². The fourth-order valence-corrected chi connectivity index (χ4v) is 3.58. The van der Waals surface area contributed by atoms with Crippen LogP contribution >= 0.6 is 0 Å². The van der Waals surface area contributed by atoms with E-state index in [2.05, 4.69) is 12.2 Å². The summed E-state index contributed by atoms with van der Waals surface area (Å²) in [5.74, 6) is 1.61. The van der Waals surface area contributed by atoms with Gasteiger partial charge in [-0.25, -0.2) is 0 Å². The summed E-state index contributed by atoms with van der Waals surface area (Å²) in [6.07, 6.45) is 10.2. The Kier molecular flexibility index (Phi) is 4.66. The van der Waals surface area contributed by atoms with Crippen molar-refractivity contribution in [3.63, 3.8) is 0 Å². The van der Waals surface area contributed by atoms with Crippen LogP contribution in [0, 0.1) is 11.8 Å². The smallest absolute Gasteiger partial charge is 0.221 e. The zero-order chi connectivity index (χ0) is 13.0. The van der Waals surface area contributed by atoms with Gasteiger partial charge in [-0.1, -0.05) is 39.0 Å². The molecule has 0 aromatic carbocycles. The van der Waals surface area contributed by atoms with E-state index in [1.807, 2.05) is 0 Å². The fraction of sp³-hybridized carbons (Fsp3) is 0.933. The number of nitrogens with two attached hydrogens (primary N) is 1. The summed E-state index contributed by atoms with van der Waals surface area (Å²) in [5.41, 5.74) is 6.03. The maximum Gasteiger partial charge on any atom is 0.221 e. The first kappa shape index (κ1) is 13.9. The molecule has 0 aromatic heterocycles. The Labute approximate surface area is 111 Å². The van der Waals surface area contributed by atoms with E-state index in [1.165, 1.54) is 38.5 Å². The Balaban J connectivity index is 1.71. The third kappa shape index (κ3) is 3.71. The van der Waals surface area contributed by atoms with Crippen molar-refractivity contribution in [3.8, 4) is 0 Å². The number of hydrogen-bond acceptors (Lipinski definition) is 2. The van der Waals surface area contributed by atoms with E-state index < -0.39 is 0 Å². The SMILES string of the molecule is CC1CCCCC1CNC(=O)CC1(N)CCCC1. The highest BCUT2D eigenvalue weighted by Crippen LogP contribution is 2.31. The number of amides is 1. The number of rotatable bonds is 4. The highest BCUT2D eigenvalue weighted by Gasteiger charge is 2.32. The molecule has 2 saturated carbocycles. The summed E-state index contributed by atoms with van der Waals surface area (Å²) in [4.78, 5) is 12.0. The fourth-order valence-electron chi connectivity index (χ4n) is 3.58. The summed E-state index contributed by atoms with van der Waals surface area (Å²) in [7, 11) is 0. The van der Waals surface area contributed by atoms with Crippen LogP contribution < -0.4 is 11.1 Å². The monoisotopic (exact) mass is 252 g/mol. The van der Waals surface area contributed by atoms with Crippen molar-refractivity contribution in [2.24, 2.45) is 17.6 Å². The Morgan fingerprint density at radius 3 is 2.56 bits per heavy atom. The number of carbonyl (C=O) groups is 1. The molecule has 0 bridgehead atoms. The lowest BCUT2D eigenvalue weighted by Crippen LogP contribution is -2.43. The first-order valence-electron chi connectivity index (χ1n) is 7.65. The van der Waals surface area contributed by atoms with Crippen molar-refractivity contribution >= 4 is 5.91 Å². The summed E-state index contributed by atoms with van der Waals surface area (Å²) < 4.78 is 0. The summed E-state index contributed by atoms with van der Waals surface area (Å²) in [6.45, 7) is 3.17. The van der Waals surface area contributed by atoms with Gasteiger partial charge in [-0.15, -0.1) is 0 Å². The normalized spacial score (nSPS) is 31.2. The molecule has 0 radical (unpaired) electrons. The Bertz CT molecular complexity index is 284. The number of hydrogen-bond donors (Lipinski definition) is 2. The zero-order valence-corrected chi connectivity index (χ0v) is 11.7. The second-order valence-corrected chi connectivity index (χ2v) is 6.57. The van der Waals surface area contributed by atoms with Crippen molar-refractivity contribution in [1.29, 1.82) is 0 Å². The predicted molar refractivity (Wildman–Crippen MR) is 74.1 cm³/mol. The molecule has 2 rings (SSSR count).